The predicted molar refractivity (Wildman–Crippen MR) is 124 cm³/mol. The molecule has 172 valence electrons. The Kier molecular flexibility index (Phi) is 5.81. The Bertz CT molecular complexity index is 1240. The smallest absolute Gasteiger partial charge is 0.416 e. The van der Waals surface area contributed by atoms with Gasteiger partial charge in [0.15, 0.2) is 0 Å². The first-order valence-corrected chi connectivity index (χ1v) is 11.0. The molecule has 1 aromatic heterocycles. The number of hydrogen-bond acceptors (Lipinski definition) is 2. The molecule has 33 heavy (non-hydrogen) atoms. The second kappa shape index (κ2) is 8.32. The Morgan fingerprint density at radius 3 is 2.36 bits per heavy atom. The number of para-hydroxylation sites is 1. The van der Waals surface area contributed by atoms with Crippen molar-refractivity contribution in [1.29, 1.82) is 0 Å². The molecule has 0 aliphatic heterocycles. The Morgan fingerprint density at radius 1 is 1.09 bits per heavy atom. The summed E-state index contributed by atoms with van der Waals surface area (Å²) in [6.07, 6.45) is -0.344. The molecule has 1 heterocycles. The number of carboxylic acid groups (broad SMARTS) is 1. The molecule has 1 aliphatic carbocycles. The fourth-order valence-corrected chi connectivity index (χ4v) is 4.58. The molecule has 0 fully saturated rings. The summed E-state index contributed by atoms with van der Waals surface area (Å²) in [5.74, 6) is -0.814. The van der Waals surface area contributed by atoms with Crippen molar-refractivity contribution in [1.82, 2.24) is 4.98 Å². The maximum absolute atomic E-state index is 13.0. The Hall–Kier alpha value is -3.15. The van der Waals surface area contributed by atoms with Gasteiger partial charge in [0.1, 0.15) is 0 Å². The van der Waals surface area contributed by atoms with E-state index in [1.54, 1.807) is 18.2 Å². The molecule has 1 unspecified atom stereocenters. The van der Waals surface area contributed by atoms with E-state index in [2.05, 4.69) is 20.8 Å². The van der Waals surface area contributed by atoms with E-state index in [1.807, 2.05) is 12.1 Å². The van der Waals surface area contributed by atoms with Crippen LogP contribution in [0.3, 0.4) is 0 Å². The second-order valence-electron chi connectivity index (χ2n) is 9.37. The van der Waals surface area contributed by atoms with Crippen LogP contribution >= 0.6 is 0 Å². The molecule has 3 aromatic rings. The van der Waals surface area contributed by atoms with Crippen LogP contribution in [0.5, 0.6) is 0 Å². The molecule has 1 aliphatic rings. The molecule has 0 radical (unpaired) electrons. The van der Waals surface area contributed by atoms with E-state index in [-0.39, 0.29) is 16.9 Å². The third-order valence-electron chi connectivity index (χ3n) is 7.02. The number of benzene rings is 2. The van der Waals surface area contributed by atoms with Crippen molar-refractivity contribution in [2.24, 2.45) is 11.3 Å². The fraction of sp³-hybridized carbons (Fsp3) is 0.333. The van der Waals surface area contributed by atoms with Crippen LogP contribution in [-0.4, -0.2) is 16.1 Å². The van der Waals surface area contributed by atoms with Crippen LogP contribution < -0.4 is 0 Å². The lowest BCUT2D eigenvalue weighted by atomic mass is 9.67. The summed E-state index contributed by atoms with van der Waals surface area (Å²) in [4.78, 5) is 17.2. The molecule has 4 rings (SSSR count). The Morgan fingerprint density at radius 2 is 1.76 bits per heavy atom. The third kappa shape index (κ3) is 4.39. The van der Waals surface area contributed by atoms with Gasteiger partial charge in [0, 0.05) is 5.39 Å². The van der Waals surface area contributed by atoms with Gasteiger partial charge in [-0.05, 0) is 65.1 Å². The highest BCUT2D eigenvalue weighted by Crippen LogP contribution is 2.46. The number of hydrogen-bond donors (Lipinski definition) is 1. The number of fused-ring (bicyclic) bond motifs is 2. The first kappa shape index (κ1) is 23.0. The van der Waals surface area contributed by atoms with Crippen molar-refractivity contribution < 1.29 is 23.1 Å². The Balaban J connectivity index is 1.92. The van der Waals surface area contributed by atoms with Gasteiger partial charge in [-0.3, -0.25) is 0 Å². The molecule has 1 N–H and O–H groups in total. The number of carbonyl (C=O) groups is 1. The number of aromatic carboxylic acids is 1. The number of alkyl halides is 3. The van der Waals surface area contributed by atoms with Gasteiger partial charge >= 0.3 is 12.1 Å². The van der Waals surface area contributed by atoms with Crippen LogP contribution in [-0.2, 0) is 12.6 Å². The van der Waals surface area contributed by atoms with E-state index < -0.39 is 17.7 Å². The number of pyridine rings is 1. The van der Waals surface area contributed by atoms with E-state index in [9.17, 15) is 23.1 Å². The summed E-state index contributed by atoms with van der Waals surface area (Å²) in [5, 5.41) is 10.7. The van der Waals surface area contributed by atoms with E-state index in [0.29, 0.717) is 40.6 Å². The Labute approximate surface area is 191 Å². The molecule has 3 nitrogen and oxygen atoms in total. The molecule has 0 amide bonds. The zero-order valence-electron chi connectivity index (χ0n) is 18.8. The lowest BCUT2D eigenvalue weighted by Crippen LogP contribution is -2.30. The number of carboxylic acids is 1. The maximum Gasteiger partial charge on any atom is 0.416 e. The summed E-state index contributed by atoms with van der Waals surface area (Å²) < 4.78 is 39.0. The normalized spacial score (nSPS) is 17.9. The second-order valence-corrected chi connectivity index (χ2v) is 9.37. The van der Waals surface area contributed by atoms with Crippen LogP contribution in [0.25, 0.3) is 22.6 Å². The number of nitrogens with zero attached hydrogens (tertiary/aromatic N) is 1. The molecule has 1 atom stereocenters. The topological polar surface area (TPSA) is 50.2 Å². The van der Waals surface area contributed by atoms with Crippen LogP contribution in [0, 0.1) is 11.3 Å². The van der Waals surface area contributed by atoms with E-state index in [0.717, 1.165) is 24.1 Å². The fourth-order valence-electron chi connectivity index (χ4n) is 4.58. The maximum atomic E-state index is 13.0. The molecule has 0 saturated heterocycles. The van der Waals surface area contributed by atoms with E-state index >= 15 is 0 Å². The van der Waals surface area contributed by atoms with Crippen molar-refractivity contribution >= 4 is 28.5 Å². The first-order valence-electron chi connectivity index (χ1n) is 11.0. The quantitative estimate of drug-likeness (QED) is 0.445. The van der Waals surface area contributed by atoms with E-state index in [1.165, 1.54) is 12.1 Å². The monoisotopic (exact) mass is 453 g/mol. The van der Waals surface area contributed by atoms with Crippen molar-refractivity contribution in [2.75, 3.05) is 0 Å². The minimum absolute atomic E-state index is 0.0433. The van der Waals surface area contributed by atoms with Crippen LogP contribution in [0.2, 0.25) is 0 Å². The van der Waals surface area contributed by atoms with Gasteiger partial charge in [0.2, 0.25) is 0 Å². The molecule has 2 aromatic carbocycles. The molecule has 0 spiro atoms. The summed E-state index contributed by atoms with van der Waals surface area (Å²) in [6.45, 7) is 6.46. The van der Waals surface area contributed by atoms with Gasteiger partial charge in [-0.2, -0.15) is 13.2 Å². The van der Waals surface area contributed by atoms with Gasteiger partial charge < -0.3 is 5.11 Å². The number of rotatable bonds is 4. The third-order valence-corrected chi connectivity index (χ3v) is 7.02. The largest absolute Gasteiger partial charge is 0.478 e. The van der Waals surface area contributed by atoms with E-state index in [4.69, 9.17) is 4.98 Å². The zero-order chi connectivity index (χ0) is 24.0. The minimum atomic E-state index is -4.39. The highest BCUT2D eigenvalue weighted by Gasteiger charge is 2.36. The first-order chi connectivity index (χ1) is 15.5. The predicted octanol–water partition coefficient (Wildman–Crippen LogP) is 7.49. The summed E-state index contributed by atoms with van der Waals surface area (Å²) >= 11 is 0. The van der Waals surface area contributed by atoms with Crippen LogP contribution in [0.4, 0.5) is 13.2 Å². The number of halogens is 3. The van der Waals surface area contributed by atoms with Crippen molar-refractivity contribution in [3.8, 4) is 0 Å². The van der Waals surface area contributed by atoms with Gasteiger partial charge in [0.25, 0.3) is 0 Å². The molecule has 6 heteroatoms. The summed E-state index contributed by atoms with van der Waals surface area (Å²) in [5.41, 5.74) is 2.95. The van der Waals surface area contributed by atoms with Crippen molar-refractivity contribution in [3.63, 3.8) is 0 Å². The van der Waals surface area contributed by atoms with Gasteiger partial charge in [0.05, 0.1) is 22.3 Å². The molecule has 0 saturated carbocycles. The summed E-state index contributed by atoms with van der Waals surface area (Å²) in [7, 11) is 0. The van der Waals surface area contributed by atoms with Crippen molar-refractivity contribution in [3.05, 3.63) is 76.5 Å². The summed E-state index contributed by atoms with van der Waals surface area (Å²) in [6, 6.07) is 12.2. The zero-order valence-corrected chi connectivity index (χ0v) is 18.8. The highest BCUT2D eigenvalue weighted by molar-refractivity contribution is 6.06. The van der Waals surface area contributed by atoms with Crippen molar-refractivity contribution in [2.45, 2.75) is 46.2 Å². The number of aromatic nitrogens is 1. The lowest BCUT2D eigenvalue weighted by Gasteiger charge is -2.38. The molecular weight excluding hydrogens is 427 g/mol. The molecule has 0 bridgehead atoms. The SMILES string of the molecule is CCC(C)(C)C1CC(=Cc2ccc(C(F)(F)F)cc2)c2nc3ccccc3c(C(=O)O)c2C1. The van der Waals surface area contributed by atoms with Crippen LogP contribution in [0.1, 0.15) is 66.4 Å². The average Bonchev–Trinajstić information content (AvgIpc) is 2.77. The highest BCUT2D eigenvalue weighted by atomic mass is 19.4. The minimum Gasteiger partial charge on any atom is -0.478 e. The van der Waals surface area contributed by atoms with Crippen LogP contribution in [0.15, 0.2) is 48.5 Å². The van der Waals surface area contributed by atoms with Gasteiger partial charge in [-0.15, -0.1) is 0 Å². The number of allylic oxidation sites excluding steroid dienone is 1. The standard InChI is InChI=1S/C27H26F3NO2/c1-4-26(2,3)19-14-17(13-16-9-11-18(12-10-16)27(28,29)30)24-21(15-19)23(25(32)33)20-7-5-6-8-22(20)31-24/h5-13,19H,4,14-15H2,1-3H3,(H,32,33). The van der Waals surface area contributed by atoms with Gasteiger partial charge in [-0.1, -0.05) is 57.5 Å². The van der Waals surface area contributed by atoms with Gasteiger partial charge in [-0.25, -0.2) is 9.78 Å². The lowest BCUT2D eigenvalue weighted by molar-refractivity contribution is -0.137. The molecular formula is C27H26F3NO2. The average molecular weight is 454 g/mol.